The summed E-state index contributed by atoms with van der Waals surface area (Å²) in [6, 6.07) is 0.569. The van der Waals surface area contributed by atoms with Gasteiger partial charge in [0.15, 0.2) is 0 Å². The lowest BCUT2D eigenvalue weighted by Crippen LogP contribution is -2.17. The Balaban J connectivity index is 2.34. The van der Waals surface area contributed by atoms with Crippen LogP contribution in [0.15, 0.2) is 4.99 Å². The van der Waals surface area contributed by atoms with Gasteiger partial charge in [-0.25, -0.2) is 0 Å². The molecular weight excluding hydrogens is 100 g/mol. The quantitative estimate of drug-likeness (QED) is 0.488. The van der Waals surface area contributed by atoms with Crippen LogP contribution >= 0.6 is 0 Å². The number of hydrogen-bond acceptors (Lipinski definition) is 2. The first-order chi connectivity index (χ1) is 3.83. The molecule has 1 rings (SSSR count). The number of likely N-dealkylation sites (N-methyl/N-ethyl adjacent to an activating group) is 1. The molecule has 1 unspecified atom stereocenters. The average molecular weight is 112 g/mol. The minimum atomic E-state index is 0.569. The summed E-state index contributed by atoms with van der Waals surface area (Å²) in [5.74, 6) is 0. The molecule has 0 aromatic heterocycles. The zero-order chi connectivity index (χ0) is 5.98. The summed E-state index contributed by atoms with van der Waals surface area (Å²) in [5, 5.41) is 0. The zero-order valence-electron chi connectivity index (χ0n) is 5.46. The number of hydrogen-bond donors (Lipinski definition) is 0. The molecule has 2 nitrogen and oxygen atoms in total. The largest absolute Gasteiger partial charge is 0.364 e. The first-order valence-corrected chi connectivity index (χ1v) is 3.06. The van der Waals surface area contributed by atoms with E-state index in [4.69, 9.17) is 0 Å². The Hall–Kier alpha value is -0.530. The van der Waals surface area contributed by atoms with Gasteiger partial charge in [-0.15, -0.1) is 0 Å². The SMILES string of the molecule is CCC1CN(C)C=N1. The third-order valence-electron chi connectivity index (χ3n) is 1.44. The van der Waals surface area contributed by atoms with Gasteiger partial charge in [-0.05, 0) is 6.42 Å². The van der Waals surface area contributed by atoms with Gasteiger partial charge >= 0.3 is 0 Å². The summed E-state index contributed by atoms with van der Waals surface area (Å²) >= 11 is 0. The molecule has 0 saturated carbocycles. The van der Waals surface area contributed by atoms with Gasteiger partial charge in [0, 0.05) is 13.6 Å². The minimum absolute atomic E-state index is 0.569. The molecule has 1 aliphatic heterocycles. The predicted molar refractivity (Wildman–Crippen MR) is 35.2 cm³/mol. The van der Waals surface area contributed by atoms with E-state index >= 15 is 0 Å². The molecule has 0 fully saturated rings. The van der Waals surface area contributed by atoms with Crippen molar-refractivity contribution < 1.29 is 0 Å². The third kappa shape index (κ3) is 0.997. The second-order valence-corrected chi connectivity index (χ2v) is 2.27. The summed E-state index contributed by atoms with van der Waals surface area (Å²) in [6.07, 6.45) is 3.08. The summed E-state index contributed by atoms with van der Waals surface area (Å²) in [5.41, 5.74) is 0. The van der Waals surface area contributed by atoms with Crippen molar-refractivity contribution in [2.75, 3.05) is 13.6 Å². The van der Waals surface area contributed by atoms with Gasteiger partial charge in [0.25, 0.3) is 0 Å². The van der Waals surface area contributed by atoms with Crippen LogP contribution < -0.4 is 0 Å². The van der Waals surface area contributed by atoms with Crippen LogP contribution in [0.1, 0.15) is 13.3 Å². The van der Waals surface area contributed by atoms with Gasteiger partial charge in [0.05, 0.1) is 12.4 Å². The lowest BCUT2D eigenvalue weighted by atomic mass is 10.2. The van der Waals surface area contributed by atoms with Crippen LogP contribution in [-0.2, 0) is 0 Å². The second kappa shape index (κ2) is 2.16. The van der Waals surface area contributed by atoms with Gasteiger partial charge in [-0.3, -0.25) is 4.99 Å². The maximum atomic E-state index is 4.24. The number of rotatable bonds is 1. The van der Waals surface area contributed by atoms with Crippen molar-refractivity contribution in [2.45, 2.75) is 19.4 Å². The molecule has 0 saturated heterocycles. The lowest BCUT2D eigenvalue weighted by Gasteiger charge is -2.06. The van der Waals surface area contributed by atoms with Crippen molar-refractivity contribution in [3.05, 3.63) is 0 Å². The zero-order valence-corrected chi connectivity index (χ0v) is 5.46. The molecule has 0 bridgehead atoms. The monoisotopic (exact) mass is 112 g/mol. The Morgan fingerprint density at radius 1 is 1.88 bits per heavy atom. The molecular formula is C6H12N2. The summed E-state index contributed by atoms with van der Waals surface area (Å²) in [6.45, 7) is 3.28. The highest BCUT2D eigenvalue weighted by atomic mass is 15.2. The van der Waals surface area contributed by atoms with Crippen molar-refractivity contribution >= 4 is 6.34 Å². The average Bonchev–Trinajstić information content (AvgIpc) is 2.14. The highest BCUT2D eigenvalue weighted by molar-refractivity contribution is 5.57. The molecule has 0 amide bonds. The maximum absolute atomic E-state index is 4.24. The van der Waals surface area contributed by atoms with E-state index in [2.05, 4.69) is 23.9 Å². The molecule has 0 aromatic rings. The van der Waals surface area contributed by atoms with E-state index in [1.54, 1.807) is 0 Å². The van der Waals surface area contributed by atoms with Gasteiger partial charge in [0.2, 0.25) is 0 Å². The Morgan fingerprint density at radius 3 is 2.88 bits per heavy atom. The van der Waals surface area contributed by atoms with Crippen molar-refractivity contribution in [1.82, 2.24) is 4.90 Å². The van der Waals surface area contributed by atoms with E-state index in [-0.39, 0.29) is 0 Å². The second-order valence-electron chi connectivity index (χ2n) is 2.27. The van der Waals surface area contributed by atoms with Gasteiger partial charge < -0.3 is 4.90 Å². The van der Waals surface area contributed by atoms with Crippen LogP contribution in [0.4, 0.5) is 0 Å². The van der Waals surface area contributed by atoms with Gasteiger partial charge in [0.1, 0.15) is 0 Å². The van der Waals surface area contributed by atoms with Crippen LogP contribution in [-0.4, -0.2) is 30.9 Å². The normalized spacial score (nSPS) is 27.2. The molecule has 0 aromatic carbocycles. The van der Waals surface area contributed by atoms with Crippen molar-refractivity contribution in [1.29, 1.82) is 0 Å². The molecule has 0 spiro atoms. The molecule has 0 aliphatic carbocycles. The minimum Gasteiger partial charge on any atom is -0.364 e. The molecule has 2 heteroatoms. The molecule has 46 valence electrons. The molecule has 1 aliphatic rings. The van der Waals surface area contributed by atoms with E-state index in [0.717, 1.165) is 6.54 Å². The summed E-state index contributed by atoms with van der Waals surface area (Å²) in [7, 11) is 2.05. The molecule has 1 heterocycles. The highest BCUT2D eigenvalue weighted by Gasteiger charge is 2.10. The topological polar surface area (TPSA) is 15.6 Å². The van der Waals surface area contributed by atoms with Crippen LogP contribution in [0, 0.1) is 0 Å². The van der Waals surface area contributed by atoms with Crippen molar-refractivity contribution in [2.24, 2.45) is 4.99 Å². The summed E-state index contributed by atoms with van der Waals surface area (Å²) < 4.78 is 0. The first kappa shape index (κ1) is 5.60. The van der Waals surface area contributed by atoms with E-state index < -0.39 is 0 Å². The molecule has 0 radical (unpaired) electrons. The van der Waals surface area contributed by atoms with Crippen LogP contribution in [0.25, 0.3) is 0 Å². The Kier molecular flexibility index (Phi) is 1.51. The Bertz CT molecular complexity index is 98.7. The molecule has 8 heavy (non-hydrogen) atoms. The van der Waals surface area contributed by atoms with Crippen LogP contribution in [0.2, 0.25) is 0 Å². The number of aliphatic imine (C=N–C) groups is 1. The molecule has 1 atom stereocenters. The fourth-order valence-electron chi connectivity index (χ4n) is 0.869. The lowest BCUT2D eigenvalue weighted by molar-refractivity contribution is 0.498. The van der Waals surface area contributed by atoms with Crippen molar-refractivity contribution in [3.8, 4) is 0 Å². The fraction of sp³-hybridized carbons (Fsp3) is 0.833. The van der Waals surface area contributed by atoms with Gasteiger partial charge in [-0.2, -0.15) is 0 Å². The Labute approximate surface area is 50.2 Å². The third-order valence-corrected chi connectivity index (χ3v) is 1.44. The maximum Gasteiger partial charge on any atom is 0.0852 e. The van der Waals surface area contributed by atoms with E-state index in [9.17, 15) is 0 Å². The first-order valence-electron chi connectivity index (χ1n) is 3.06. The van der Waals surface area contributed by atoms with E-state index in [1.807, 2.05) is 6.34 Å². The molecule has 0 N–H and O–H groups in total. The smallest absolute Gasteiger partial charge is 0.0852 e. The van der Waals surface area contributed by atoms with Crippen LogP contribution in [0.3, 0.4) is 0 Å². The van der Waals surface area contributed by atoms with Crippen molar-refractivity contribution in [3.63, 3.8) is 0 Å². The van der Waals surface area contributed by atoms with E-state index in [1.165, 1.54) is 6.42 Å². The highest BCUT2D eigenvalue weighted by Crippen LogP contribution is 2.03. The van der Waals surface area contributed by atoms with E-state index in [0.29, 0.717) is 6.04 Å². The number of nitrogens with zero attached hydrogens (tertiary/aromatic N) is 2. The van der Waals surface area contributed by atoms with Gasteiger partial charge in [-0.1, -0.05) is 6.92 Å². The Morgan fingerprint density at radius 2 is 2.62 bits per heavy atom. The van der Waals surface area contributed by atoms with Crippen LogP contribution in [0.5, 0.6) is 0 Å². The standard InChI is InChI=1S/C6H12N2/c1-3-6-4-8(2)5-7-6/h5-6H,3-4H2,1-2H3. The summed E-state index contributed by atoms with van der Waals surface area (Å²) in [4.78, 5) is 6.36. The predicted octanol–water partition coefficient (Wildman–Crippen LogP) is 0.739. The fourth-order valence-corrected chi connectivity index (χ4v) is 0.869.